The molecule has 4 heteroatoms. The number of benzene rings is 1. The highest BCUT2D eigenvalue weighted by Gasteiger charge is 2.08. The average molecular weight is 338 g/mol. The van der Waals surface area contributed by atoms with E-state index < -0.39 is 0 Å². The molecular formula is C9H7IS3. The summed E-state index contributed by atoms with van der Waals surface area (Å²) < 4.78 is 2.59. The summed E-state index contributed by atoms with van der Waals surface area (Å²) in [7, 11) is 0. The van der Waals surface area contributed by atoms with E-state index in [1.54, 1.807) is 23.1 Å². The molecule has 0 aliphatic carbocycles. The van der Waals surface area contributed by atoms with E-state index >= 15 is 0 Å². The molecule has 1 aromatic heterocycles. The monoisotopic (exact) mass is 338 g/mol. The van der Waals surface area contributed by atoms with Crippen molar-refractivity contribution >= 4 is 68.4 Å². The molecule has 0 nitrogen and oxygen atoms in total. The number of hydrogen-bond acceptors (Lipinski definition) is 3. The summed E-state index contributed by atoms with van der Waals surface area (Å²) in [6.07, 6.45) is 2.10. The normalized spacial score (nSPS) is 11.0. The van der Waals surface area contributed by atoms with Crippen LogP contribution in [0, 0.1) is 3.57 Å². The second kappa shape index (κ2) is 4.00. The lowest BCUT2D eigenvalue weighted by Gasteiger charge is -2.05. The highest BCUT2D eigenvalue weighted by molar-refractivity contribution is 14.1. The van der Waals surface area contributed by atoms with Gasteiger partial charge in [-0.3, -0.25) is 0 Å². The third kappa shape index (κ3) is 1.73. The van der Waals surface area contributed by atoms with Gasteiger partial charge in [-0.2, -0.15) is 0 Å². The molecule has 13 heavy (non-hydrogen) atoms. The molecule has 1 heterocycles. The molecule has 0 saturated heterocycles. The van der Waals surface area contributed by atoms with Crippen molar-refractivity contribution in [3.63, 3.8) is 0 Å². The minimum atomic E-state index is 1.11. The molecule has 0 bridgehead atoms. The fraction of sp³-hybridized carbons (Fsp3) is 0.111. The Labute approximate surface area is 105 Å². The van der Waals surface area contributed by atoms with Crippen LogP contribution < -0.4 is 0 Å². The van der Waals surface area contributed by atoms with Gasteiger partial charge in [-0.15, -0.1) is 35.7 Å². The van der Waals surface area contributed by atoms with Gasteiger partial charge in [0.05, 0.1) is 0 Å². The van der Waals surface area contributed by atoms with Crippen LogP contribution in [0.1, 0.15) is 0 Å². The van der Waals surface area contributed by atoms with E-state index in [1.165, 1.54) is 18.6 Å². The van der Waals surface area contributed by atoms with Crippen molar-refractivity contribution in [3.05, 3.63) is 21.1 Å². The van der Waals surface area contributed by atoms with E-state index in [-0.39, 0.29) is 0 Å². The first-order valence-corrected chi connectivity index (χ1v) is 7.29. The topological polar surface area (TPSA) is 0 Å². The van der Waals surface area contributed by atoms with Crippen LogP contribution in [0.4, 0.5) is 0 Å². The maximum atomic E-state index is 4.52. The smallest absolute Gasteiger partial charge is 0.0490 e. The van der Waals surface area contributed by atoms with Crippen molar-refractivity contribution in [1.29, 1.82) is 0 Å². The first-order valence-electron chi connectivity index (χ1n) is 3.66. The Hall–Kier alpha value is 0.610. The Morgan fingerprint density at radius 3 is 3.00 bits per heavy atom. The number of rotatable bonds is 1. The van der Waals surface area contributed by atoms with Gasteiger partial charge < -0.3 is 0 Å². The standard InChI is InChI=1S/C9H7IS3/c1-12-9-7(11)6(10)4-5-2-3-13-8(5)9/h2-4,11H,1H3. The molecule has 0 unspecified atom stereocenters. The largest absolute Gasteiger partial charge is 0.143 e. The van der Waals surface area contributed by atoms with Gasteiger partial charge in [0.1, 0.15) is 0 Å². The Balaban J connectivity index is 2.87. The third-order valence-electron chi connectivity index (χ3n) is 1.83. The number of hydrogen-bond donors (Lipinski definition) is 1. The van der Waals surface area contributed by atoms with Crippen LogP contribution >= 0.6 is 58.3 Å². The van der Waals surface area contributed by atoms with Crippen molar-refractivity contribution in [2.45, 2.75) is 9.79 Å². The van der Waals surface area contributed by atoms with Gasteiger partial charge in [-0.05, 0) is 51.7 Å². The molecule has 1 aromatic carbocycles. The Kier molecular flexibility index (Phi) is 3.12. The van der Waals surface area contributed by atoms with E-state index in [0.717, 1.165) is 4.90 Å². The predicted molar refractivity (Wildman–Crippen MR) is 73.6 cm³/mol. The lowest BCUT2D eigenvalue weighted by atomic mass is 10.3. The fourth-order valence-electron chi connectivity index (χ4n) is 1.23. The fourth-order valence-corrected chi connectivity index (χ4v) is 4.37. The van der Waals surface area contributed by atoms with Crippen LogP contribution in [-0.2, 0) is 0 Å². The Morgan fingerprint density at radius 1 is 1.54 bits per heavy atom. The first-order chi connectivity index (χ1) is 6.24. The summed E-state index contributed by atoms with van der Waals surface area (Å²) in [5.74, 6) is 0. The van der Waals surface area contributed by atoms with Gasteiger partial charge in [-0.1, -0.05) is 0 Å². The number of thiophene rings is 1. The highest BCUT2D eigenvalue weighted by Crippen LogP contribution is 2.38. The first kappa shape index (κ1) is 10.1. The van der Waals surface area contributed by atoms with E-state index in [4.69, 9.17) is 0 Å². The van der Waals surface area contributed by atoms with Crippen molar-refractivity contribution in [2.75, 3.05) is 6.26 Å². The summed E-state index contributed by atoms with van der Waals surface area (Å²) in [5, 5.41) is 3.46. The zero-order valence-corrected chi connectivity index (χ0v) is 11.6. The number of thioether (sulfide) groups is 1. The Morgan fingerprint density at radius 2 is 2.31 bits per heavy atom. The lowest BCUT2D eigenvalue weighted by molar-refractivity contribution is 1.29. The van der Waals surface area contributed by atoms with Crippen LogP contribution in [0.5, 0.6) is 0 Å². The molecule has 2 aromatic rings. The van der Waals surface area contributed by atoms with Crippen LogP contribution in [-0.4, -0.2) is 6.26 Å². The zero-order chi connectivity index (χ0) is 9.42. The molecule has 0 fully saturated rings. The second-order valence-corrected chi connectivity index (χ2v) is 5.92. The summed E-state index contributed by atoms with van der Waals surface area (Å²) in [4.78, 5) is 2.42. The molecule has 0 amide bonds. The number of thiol groups is 1. The van der Waals surface area contributed by atoms with Gasteiger partial charge >= 0.3 is 0 Å². The van der Waals surface area contributed by atoms with Crippen molar-refractivity contribution < 1.29 is 0 Å². The van der Waals surface area contributed by atoms with Gasteiger partial charge in [0.15, 0.2) is 0 Å². The lowest BCUT2D eigenvalue weighted by Crippen LogP contribution is -1.80. The molecule has 0 spiro atoms. The molecule has 0 radical (unpaired) electrons. The minimum Gasteiger partial charge on any atom is -0.143 e. The summed E-state index contributed by atoms with van der Waals surface area (Å²) in [6, 6.07) is 4.35. The van der Waals surface area contributed by atoms with E-state index in [1.807, 2.05) is 0 Å². The minimum absolute atomic E-state index is 1.11. The molecule has 2 rings (SSSR count). The van der Waals surface area contributed by atoms with Crippen molar-refractivity contribution in [2.24, 2.45) is 0 Å². The third-order valence-corrected chi connectivity index (χ3v) is 5.62. The van der Waals surface area contributed by atoms with Crippen LogP contribution in [0.25, 0.3) is 10.1 Å². The second-order valence-electron chi connectivity index (χ2n) is 2.58. The van der Waals surface area contributed by atoms with Crippen LogP contribution in [0.2, 0.25) is 0 Å². The molecule has 0 saturated carbocycles. The summed E-state index contributed by atoms with van der Waals surface area (Å²) in [6.45, 7) is 0. The molecule has 0 aliphatic heterocycles. The van der Waals surface area contributed by atoms with Crippen molar-refractivity contribution in [3.8, 4) is 0 Å². The van der Waals surface area contributed by atoms with Crippen LogP contribution in [0.3, 0.4) is 0 Å². The molecule has 68 valence electrons. The molecular weight excluding hydrogens is 331 g/mol. The Bertz CT molecular complexity index is 447. The maximum Gasteiger partial charge on any atom is 0.0490 e. The quantitative estimate of drug-likeness (QED) is 0.453. The molecule has 0 aliphatic rings. The number of halogens is 1. The van der Waals surface area contributed by atoms with E-state index in [0.29, 0.717) is 0 Å². The van der Waals surface area contributed by atoms with Crippen LogP contribution in [0.15, 0.2) is 27.3 Å². The zero-order valence-electron chi connectivity index (χ0n) is 6.87. The predicted octanol–water partition coefficient (Wildman–Crippen LogP) is 4.52. The highest BCUT2D eigenvalue weighted by atomic mass is 127. The average Bonchev–Trinajstić information content (AvgIpc) is 2.54. The summed E-state index contributed by atoms with van der Waals surface area (Å²) >= 11 is 10.4. The van der Waals surface area contributed by atoms with Crippen molar-refractivity contribution in [1.82, 2.24) is 0 Å². The van der Waals surface area contributed by atoms with Gasteiger partial charge in [0.25, 0.3) is 0 Å². The van der Waals surface area contributed by atoms with Gasteiger partial charge in [0.2, 0.25) is 0 Å². The maximum absolute atomic E-state index is 4.52. The molecule has 0 N–H and O–H groups in total. The van der Waals surface area contributed by atoms with E-state index in [9.17, 15) is 0 Å². The van der Waals surface area contributed by atoms with E-state index in [2.05, 4.69) is 59.0 Å². The summed E-state index contributed by atoms with van der Waals surface area (Å²) in [5.41, 5.74) is 0. The SMILES string of the molecule is CSc1c(S)c(I)cc2ccsc12. The van der Waals surface area contributed by atoms with Gasteiger partial charge in [-0.25, -0.2) is 0 Å². The van der Waals surface area contributed by atoms with Gasteiger partial charge in [0, 0.05) is 18.1 Å². The molecule has 0 atom stereocenters. The number of fused-ring (bicyclic) bond motifs is 1.